The lowest BCUT2D eigenvalue weighted by molar-refractivity contribution is 0.00979. The van der Waals surface area contributed by atoms with Crippen molar-refractivity contribution < 1.29 is 9.05 Å². The smallest absolute Gasteiger partial charge is 0.282 e. The van der Waals surface area contributed by atoms with Gasteiger partial charge < -0.3 is 9.05 Å². The van der Waals surface area contributed by atoms with Crippen LogP contribution in [0.3, 0.4) is 0 Å². The second-order valence-corrected chi connectivity index (χ2v) is 8.04. The van der Waals surface area contributed by atoms with E-state index in [9.17, 15) is 0 Å². The zero-order chi connectivity index (χ0) is 8.70. The van der Waals surface area contributed by atoms with Gasteiger partial charge in [0.2, 0.25) is 0 Å². The summed E-state index contributed by atoms with van der Waals surface area (Å²) in [6.07, 6.45) is 0.958. The summed E-state index contributed by atoms with van der Waals surface area (Å²) in [7, 11) is 0. The summed E-state index contributed by atoms with van der Waals surface area (Å²) < 4.78 is 10.7. The highest BCUT2D eigenvalue weighted by molar-refractivity contribution is 8.22. The van der Waals surface area contributed by atoms with E-state index in [4.69, 9.17) is 32.1 Å². The maximum Gasteiger partial charge on any atom is 0.282 e. The summed E-state index contributed by atoms with van der Waals surface area (Å²) >= 11 is 10.8. The van der Waals surface area contributed by atoms with Gasteiger partial charge in [0.1, 0.15) is 0 Å². The molecule has 0 aromatic rings. The van der Waals surface area contributed by atoms with E-state index in [-0.39, 0.29) is 11.7 Å². The van der Waals surface area contributed by atoms with E-state index in [1.807, 2.05) is 20.8 Å². The second kappa shape index (κ2) is 2.97. The molecule has 0 bridgehead atoms. The van der Waals surface area contributed by atoms with Crippen molar-refractivity contribution in [2.45, 2.75) is 38.9 Å². The number of hydrogen-bond acceptors (Lipinski definition) is 3. The summed E-state index contributed by atoms with van der Waals surface area (Å²) in [6, 6.07) is 0. The minimum Gasteiger partial charge on any atom is -0.315 e. The van der Waals surface area contributed by atoms with Crippen molar-refractivity contribution >= 4 is 28.9 Å². The van der Waals surface area contributed by atoms with E-state index in [1.165, 1.54) is 0 Å². The molecule has 0 radical (unpaired) electrons. The van der Waals surface area contributed by atoms with Crippen molar-refractivity contribution in [3.05, 3.63) is 0 Å². The standard InChI is InChI=1S/C6H12ClO2PS/c1-5-4-6(2,3)9-10(7,11)8-5/h5H,4H2,1-3H3. The fourth-order valence-electron chi connectivity index (χ4n) is 1.30. The lowest BCUT2D eigenvalue weighted by Gasteiger charge is -2.37. The van der Waals surface area contributed by atoms with Gasteiger partial charge in [0.25, 0.3) is 5.84 Å². The van der Waals surface area contributed by atoms with Gasteiger partial charge in [-0.25, -0.2) is 0 Å². The van der Waals surface area contributed by atoms with Crippen LogP contribution in [0.15, 0.2) is 0 Å². The van der Waals surface area contributed by atoms with Crippen LogP contribution < -0.4 is 0 Å². The molecule has 0 N–H and O–H groups in total. The normalized spacial score (nSPS) is 43.8. The first-order chi connectivity index (χ1) is 4.81. The third kappa shape index (κ3) is 3.00. The molecular weight excluding hydrogens is 203 g/mol. The molecule has 66 valence electrons. The quantitative estimate of drug-likeness (QED) is 0.578. The van der Waals surface area contributed by atoms with Gasteiger partial charge in [-0.05, 0) is 43.8 Å². The fourth-order valence-corrected chi connectivity index (χ4v) is 4.53. The Balaban J connectivity index is 2.74. The van der Waals surface area contributed by atoms with Crippen LogP contribution in [0.1, 0.15) is 27.2 Å². The lowest BCUT2D eigenvalue weighted by atomic mass is 10.0. The van der Waals surface area contributed by atoms with Crippen molar-refractivity contribution in [3.63, 3.8) is 0 Å². The average Bonchev–Trinajstić information content (AvgIpc) is 1.49. The summed E-state index contributed by atoms with van der Waals surface area (Å²) in [5, 5.41) is 0. The Hall–Kier alpha value is 0.860. The van der Waals surface area contributed by atoms with Crippen molar-refractivity contribution in [1.82, 2.24) is 0 Å². The van der Waals surface area contributed by atoms with Gasteiger partial charge in [-0.2, -0.15) is 0 Å². The van der Waals surface area contributed by atoms with Gasteiger partial charge in [-0.15, -0.1) is 0 Å². The molecular formula is C6H12ClO2PS. The van der Waals surface area contributed by atoms with Crippen molar-refractivity contribution in [1.29, 1.82) is 0 Å². The Bertz CT molecular complexity index is 207. The minimum absolute atomic E-state index is 0.113. The fraction of sp³-hybridized carbons (Fsp3) is 1.00. The molecule has 0 saturated carbocycles. The highest BCUT2D eigenvalue weighted by Gasteiger charge is 2.36. The monoisotopic (exact) mass is 214 g/mol. The second-order valence-electron chi connectivity index (χ2n) is 3.40. The number of hydrogen-bond donors (Lipinski definition) is 0. The Morgan fingerprint density at radius 1 is 1.64 bits per heavy atom. The Morgan fingerprint density at radius 3 is 2.55 bits per heavy atom. The topological polar surface area (TPSA) is 18.5 Å². The molecule has 1 heterocycles. The Labute approximate surface area is 77.2 Å². The molecule has 2 nitrogen and oxygen atoms in total. The highest BCUT2D eigenvalue weighted by Crippen LogP contribution is 2.61. The van der Waals surface area contributed by atoms with Gasteiger partial charge in [-0.3, -0.25) is 0 Å². The molecule has 2 atom stereocenters. The zero-order valence-corrected chi connectivity index (χ0v) is 9.30. The van der Waals surface area contributed by atoms with Crippen molar-refractivity contribution in [2.24, 2.45) is 0 Å². The zero-order valence-electron chi connectivity index (χ0n) is 6.83. The summed E-state index contributed by atoms with van der Waals surface area (Å²) in [5.41, 5.74) is -0.227. The van der Waals surface area contributed by atoms with Crippen LogP contribution in [-0.4, -0.2) is 11.7 Å². The molecule has 11 heavy (non-hydrogen) atoms. The number of rotatable bonds is 0. The molecule has 2 unspecified atom stereocenters. The molecule has 1 saturated heterocycles. The Morgan fingerprint density at radius 2 is 2.18 bits per heavy atom. The first-order valence-electron chi connectivity index (χ1n) is 3.50. The van der Waals surface area contributed by atoms with Crippen LogP contribution in [0.2, 0.25) is 0 Å². The van der Waals surface area contributed by atoms with E-state index in [1.54, 1.807) is 0 Å². The van der Waals surface area contributed by atoms with Gasteiger partial charge in [0, 0.05) is 6.42 Å². The molecule has 5 heteroatoms. The van der Waals surface area contributed by atoms with E-state index < -0.39 is 5.84 Å². The van der Waals surface area contributed by atoms with Crippen molar-refractivity contribution in [3.8, 4) is 0 Å². The molecule has 0 amide bonds. The SMILES string of the molecule is CC1CC(C)(C)OP(=S)(Cl)O1. The lowest BCUT2D eigenvalue weighted by Crippen LogP contribution is -2.32. The number of halogens is 1. The molecule has 0 aliphatic carbocycles. The summed E-state index contributed by atoms with van der Waals surface area (Å²) in [4.78, 5) is 0. The van der Waals surface area contributed by atoms with Crippen LogP contribution in [0.4, 0.5) is 0 Å². The maximum absolute atomic E-state index is 5.83. The Kier molecular flexibility index (Phi) is 2.68. The van der Waals surface area contributed by atoms with Gasteiger partial charge in [0.05, 0.1) is 11.7 Å². The van der Waals surface area contributed by atoms with Crippen LogP contribution in [0.25, 0.3) is 0 Å². The molecule has 1 aliphatic heterocycles. The minimum atomic E-state index is -2.46. The third-order valence-electron chi connectivity index (χ3n) is 1.44. The molecule has 0 aromatic carbocycles. The predicted octanol–water partition coefficient (Wildman–Crippen LogP) is 3.05. The molecule has 1 rings (SSSR count). The van der Waals surface area contributed by atoms with E-state index in [0.717, 1.165) is 6.42 Å². The van der Waals surface area contributed by atoms with Crippen molar-refractivity contribution in [2.75, 3.05) is 0 Å². The first-order valence-corrected chi connectivity index (χ1v) is 7.04. The van der Waals surface area contributed by atoms with Crippen LogP contribution in [0.5, 0.6) is 0 Å². The third-order valence-corrected chi connectivity index (χ3v) is 3.69. The van der Waals surface area contributed by atoms with Gasteiger partial charge in [0.15, 0.2) is 0 Å². The van der Waals surface area contributed by atoms with E-state index >= 15 is 0 Å². The van der Waals surface area contributed by atoms with Gasteiger partial charge >= 0.3 is 0 Å². The van der Waals surface area contributed by atoms with Crippen LogP contribution in [0, 0.1) is 0 Å². The predicted molar refractivity (Wildman–Crippen MR) is 50.5 cm³/mol. The maximum atomic E-state index is 5.83. The van der Waals surface area contributed by atoms with Gasteiger partial charge in [-0.1, -0.05) is 0 Å². The molecule has 1 fully saturated rings. The molecule has 0 aromatic heterocycles. The van der Waals surface area contributed by atoms with Crippen LogP contribution in [-0.2, 0) is 20.9 Å². The molecule has 0 spiro atoms. The average molecular weight is 215 g/mol. The summed E-state index contributed by atoms with van der Waals surface area (Å²) in [6.45, 7) is 5.93. The molecule has 1 aliphatic rings. The summed E-state index contributed by atoms with van der Waals surface area (Å²) in [5.74, 6) is -2.46. The highest BCUT2D eigenvalue weighted by atomic mass is 35.7. The first kappa shape index (κ1) is 9.94. The van der Waals surface area contributed by atoms with E-state index in [2.05, 4.69) is 0 Å². The van der Waals surface area contributed by atoms with E-state index in [0.29, 0.717) is 0 Å². The van der Waals surface area contributed by atoms with Crippen LogP contribution >= 0.6 is 17.1 Å². The largest absolute Gasteiger partial charge is 0.315 e.